The van der Waals surface area contributed by atoms with Crippen molar-refractivity contribution in [2.24, 2.45) is 22.2 Å². The van der Waals surface area contributed by atoms with E-state index in [0.29, 0.717) is 44.9 Å². The summed E-state index contributed by atoms with van der Waals surface area (Å²) < 4.78 is 0. The van der Waals surface area contributed by atoms with Crippen LogP contribution in [0.3, 0.4) is 0 Å². The molecule has 7 nitrogen and oxygen atoms in total. The lowest BCUT2D eigenvalue weighted by atomic mass is 9.40. The monoisotopic (exact) mass is 813 g/mol. The Bertz CT molecular complexity index is 819. The van der Waals surface area contributed by atoms with Gasteiger partial charge in [0, 0.05) is 46.2 Å². The second-order valence-corrected chi connectivity index (χ2v) is 18.7. The Morgan fingerprint density at radius 3 is 0.807 bits per heavy atom. The molecule has 0 aromatic heterocycles. The first-order valence-electron chi connectivity index (χ1n) is 25.3. The maximum atomic E-state index is 10.9. The van der Waals surface area contributed by atoms with E-state index in [2.05, 4.69) is 0 Å². The van der Waals surface area contributed by atoms with Gasteiger partial charge in [-0.05, 0) is 80.0 Å². The van der Waals surface area contributed by atoms with Gasteiger partial charge in [0.1, 0.15) is 0 Å². The lowest BCUT2D eigenvalue weighted by molar-refractivity contribution is -0.183. The van der Waals surface area contributed by atoms with Crippen LogP contribution in [0.25, 0.3) is 0 Å². The lowest BCUT2D eigenvalue weighted by Gasteiger charge is -2.64. The Labute approximate surface area is 353 Å². The summed E-state index contributed by atoms with van der Waals surface area (Å²) in [7, 11) is 0. The summed E-state index contributed by atoms with van der Waals surface area (Å²) in [5.41, 5.74) is -2.09. The highest BCUT2D eigenvalue weighted by Gasteiger charge is 2.62. The molecule has 7 heteroatoms. The Hall–Kier alpha value is -0.280. The van der Waals surface area contributed by atoms with Gasteiger partial charge >= 0.3 is 0 Å². The molecule has 0 aromatic rings. The standard InChI is InChI=1S/C50H100O7/c51-40-32-47-31-29-27-25-23-21-19-17-15-13-11-9-7-5-3-1-2-4-6-8-10-12-14-16-18-20-22-24-26-28-30-33-48(34-41-52,35-42-53)50(38-45-56,39-46-57)49(47,36-43-54)37-44-55/h47,51-57H,1-46H2. The van der Waals surface area contributed by atoms with Crippen molar-refractivity contribution in [3.05, 3.63) is 0 Å². The molecule has 0 radical (unpaired) electrons. The van der Waals surface area contributed by atoms with Crippen molar-refractivity contribution in [3.8, 4) is 0 Å². The minimum absolute atomic E-state index is 0.00932. The molecule has 0 heterocycles. The predicted octanol–water partition coefficient (Wildman–Crippen LogP) is 11.7. The third-order valence-corrected chi connectivity index (χ3v) is 15.1. The van der Waals surface area contributed by atoms with Crippen molar-refractivity contribution < 1.29 is 35.7 Å². The molecule has 0 aromatic carbocycles. The van der Waals surface area contributed by atoms with E-state index in [4.69, 9.17) is 0 Å². The van der Waals surface area contributed by atoms with Crippen LogP contribution in [-0.4, -0.2) is 82.0 Å². The van der Waals surface area contributed by atoms with E-state index < -0.39 is 16.2 Å². The van der Waals surface area contributed by atoms with Crippen molar-refractivity contribution in [2.75, 3.05) is 46.2 Å². The van der Waals surface area contributed by atoms with Crippen molar-refractivity contribution in [1.82, 2.24) is 0 Å². The molecular weight excluding hydrogens is 713 g/mol. The van der Waals surface area contributed by atoms with E-state index in [9.17, 15) is 35.7 Å². The Kier molecular flexibility index (Phi) is 36.0. The molecule has 1 rings (SSSR count). The molecular formula is C50H100O7. The van der Waals surface area contributed by atoms with Crippen LogP contribution in [0, 0.1) is 22.2 Å². The van der Waals surface area contributed by atoms with Gasteiger partial charge in [-0.2, -0.15) is 0 Å². The Morgan fingerprint density at radius 2 is 0.544 bits per heavy atom. The summed E-state index contributed by atoms with van der Waals surface area (Å²) in [4.78, 5) is 0. The van der Waals surface area contributed by atoms with Gasteiger partial charge in [0.25, 0.3) is 0 Å². The summed E-state index contributed by atoms with van der Waals surface area (Å²) in [6, 6.07) is 0. The number of hydrogen-bond acceptors (Lipinski definition) is 7. The maximum Gasteiger partial charge on any atom is 0.0436 e. The third-order valence-electron chi connectivity index (χ3n) is 15.1. The van der Waals surface area contributed by atoms with Crippen molar-refractivity contribution in [3.63, 3.8) is 0 Å². The van der Waals surface area contributed by atoms with Crippen LogP contribution < -0.4 is 0 Å². The summed E-state index contributed by atoms with van der Waals surface area (Å²) in [5, 5.41) is 75.3. The molecule has 0 bridgehead atoms. The van der Waals surface area contributed by atoms with Crippen LogP contribution in [0.15, 0.2) is 0 Å². The highest BCUT2D eigenvalue weighted by Crippen LogP contribution is 2.67. The second-order valence-electron chi connectivity index (χ2n) is 18.7. The maximum absolute atomic E-state index is 10.9. The SMILES string of the molecule is OCCC1CCCCCCCCCCCCCCCCCCCCCCCCCCCCCCCCC(CCO)(CCO)C(CCO)(CCO)C1(CCO)CCO. The fourth-order valence-electron chi connectivity index (χ4n) is 12.0. The van der Waals surface area contributed by atoms with Gasteiger partial charge in [-0.25, -0.2) is 0 Å². The zero-order valence-electron chi connectivity index (χ0n) is 37.7. The zero-order valence-corrected chi connectivity index (χ0v) is 37.7. The predicted molar refractivity (Wildman–Crippen MR) is 240 cm³/mol. The average molecular weight is 813 g/mol. The highest BCUT2D eigenvalue weighted by atomic mass is 16.3. The zero-order chi connectivity index (χ0) is 41.6. The van der Waals surface area contributed by atoms with E-state index in [1.54, 1.807) is 0 Å². The van der Waals surface area contributed by atoms with Crippen LogP contribution >= 0.6 is 0 Å². The first-order valence-corrected chi connectivity index (χ1v) is 25.3. The van der Waals surface area contributed by atoms with E-state index in [1.807, 2.05) is 0 Å². The van der Waals surface area contributed by atoms with Crippen LogP contribution in [0.2, 0.25) is 0 Å². The fourth-order valence-corrected chi connectivity index (χ4v) is 12.0. The number of aliphatic hydroxyl groups excluding tert-OH is 7. The van der Waals surface area contributed by atoms with Gasteiger partial charge < -0.3 is 35.7 Å². The molecule has 1 saturated carbocycles. The molecule has 1 aliphatic carbocycles. The van der Waals surface area contributed by atoms with E-state index >= 15 is 0 Å². The largest absolute Gasteiger partial charge is 0.396 e. The first-order chi connectivity index (χ1) is 28.0. The molecule has 0 saturated heterocycles. The fraction of sp³-hybridized carbons (Fsp3) is 1.00. The van der Waals surface area contributed by atoms with Crippen LogP contribution in [0.5, 0.6) is 0 Å². The van der Waals surface area contributed by atoms with Gasteiger partial charge in [0.05, 0.1) is 0 Å². The molecule has 57 heavy (non-hydrogen) atoms. The third kappa shape index (κ3) is 21.4. The lowest BCUT2D eigenvalue weighted by Crippen LogP contribution is -2.59. The van der Waals surface area contributed by atoms with Gasteiger partial charge in [-0.1, -0.05) is 193 Å². The van der Waals surface area contributed by atoms with Gasteiger partial charge in [-0.15, -0.1) is 0 Å². The average Bonchev–Trinajstić information content (AvgIpc) is 3.20. The first kappa shape index (κ1) is 54.7. The van der Waals surface area contributed by atoms with Crippen molar-refractivity contribution >= 4 is 0 Å². The van der Waals surface area contributed by atoms with Crippen LogP contribution in [0.1, 0.15) is 250 Å². The summed E-state index contributed by atoms with van der Waals surface area (Å²) in [6.45, 7) is -0.602. The Morgan fingerprint density at radius 1 is 0.281 bits per heavy atom. The van der Waals surface area contributed by atoms with E-state index in [-0.39, 0.29) is 52.2 Å². The molecule has 0 spiro atoms. The molecule has 0 aliphatic heterocycles. The minimum atomic E-state index is -0.768. The molecule has 0 amide bonds. The second kappa shape index (κ2) is 37.5. The van der Waals surface area contributed by atoms with Gasteiger partial charge in [0.2, 0.25) is 0 Å². The smallest absolute Gasteiger partial charge is 0.0436 e. The molecule has 1 atom stereocenters. The van der Waals surface area contributed by atoms with E-state index in [0.717, 1.165) is 44.9 Å². The molecule has 342 valence electrons. The molecule has 7 N–H and O–H groups in total. The number of aliphatic hydroxyl groups is 7. The minimum Gasteiger partial charge on any atom is -0.396 e. The van der Waals surface area contributed by atoms with Gasteiger partial charge in [0.15, 0.2) is 0 Å². The topological polar surface area (TPSA) is 142 Å². The van der Waals surface area contributed by atoms with Crippen molar-refractivity contribution in [2.45, 2.75) is 250 Å². The normalized spacial score (nSPS) is 23.7. The van der Waals surface area contributed by atoms with Crippen LogP contribution in [-0.2, 0) is 0 Å². The molecule has 1 aliphatic rings. The molecule has 1 unspecified atom stereocenters. The van der Waals surface area contributed by atoms with Gasteiger partial charge in [-0.3, -0.25) is 0 Å². The molecule has 1 fully saturated rings. The summed E-state index contributed by atoms with van der Waals surface area (Å²) >= 11 is 0. The Balaban J connectivity index is 3.21. The summed E-state index contributed by atoms with van der Waals surface area (Å²) in [5.74, 6) is -0.0477. The number of hydrogen-bond donors (Lipinski definition) is 7. The highest BCUT2D eigenvalue weighted by molar-refractivity contribution is 5.10. The number of rotatable bonds is 14. The summed E-state index contributed by atoms with van der Waals surface area (Å²) in [6.07, 6.45) is 43.5. The van der Waals surface area contributed by atoms with E-state index in [1.165, 1.54) is 161 Å². The van der Waals surface area contributed by atoms with Crippen LogP contribution in [0.4, 0.5) is 0 Å². The van der Waals surface area contributed by atoms with Crippen molar-refractivity contribution in [1.29, 1.82) is 0 Å². The quantitative estimate of drug-likeness (QED) is 0.0926.